The highest BCUT2D eigenvalue weighted by Crippen LogP contribution is 2.34. The van der Waals surface area contributed by atoms with Crippen molar-refractivity contribution in [1.82, 2.24) is 15.2 Å². The lowest BCUT2D eigenvalue weighted by atomic mass is 9.99. The van der Waals surface area contributed by atoms with E-state index in [1.54, 1.807) is 0 Å². The Labute approximate surface area is 147 Å². The van der Waals surface area contributed by atoms with Crippen LogP contribution in [0.3, 0.4) is 0 Å². The molecule has 0 atom stereocenters. The van der Waals surface area contributed by atoms with Crippen LogP contribution < -0.4 is 5.32 Å². The van der Waals surface area contributed by atoms with Crippen LogP contribution in [0.5, 0.6) is 0 Å². The van der Waals surface area contributed by atoms with Gasteiger partial charge in [0.25, 0.3) is 5.91 Å². The van der Waals surface area contributed by atoms with Crippen molar-refractivity contribution in [3.8, 4) is 11.3 Å². The lowest BCUT2D eigenvalue weighted by Crippen LogP contribution is -2.23. The Morgan fingerprint density at radius 1 is 1.12 bits per heavy atom. The number of likely N-dealkylation sites (N-methyl/N-ethyl adjacent to an activating group) is 1. The first-order valence-electron chi connectivity index (χ1n) is 8.79. The molecule has 0 saturated heterocycles. The number of amides is 1. The summed E-state index contributed by atoms with van der Waals surface area (Å²) in [5.41, 5.74) is 6.73. The molecule has 4 nitrogen and oxygen atoms in total. The Morgan fingerprint density at radius 2 is 1.96 bits per heavy atom. The number of nitrogens with one attached hydrogen (secondary N) is 2. The SMILES string of the molecule is CN(C)CCc1cccc(-c2[nH]c3cccc4c3c2CCNC4=O)c1. The molecule has 25 heavy (non-hydrogen) atoms. The number of nitrogens with zero attached hydrogens (tertiary/aromatic N) is 1. The van der Waals surface area contributed by atoms with Gasteiger partial charge in [-0.2, -0.15) is 0 Å². The first-order chi connectivity index (χ1) is 12.1. The summed E-state index contributed by atoms with van der Waals surface area (Å²) in [6.07, 6.45) is 1.88. The number of carbonyl (C=O) groups excluding carboxylic acids is 1. The van der Waals surface area contributed by atoms with Crippen molar-refractivity contribution in [3.05, 3.63) is 59.2 Å². The van der Waals surface area contributed by atoms with Crippen molar-refractivity contribution in [2.75, 3.05) is 27.2 Å². The van der Waals surface area contributed by atoms with Crippen LogP contribution in [0.2, 0.25) is 0 Å². The zero-order valence-corrected chi connectivity index (χ0v) is 14.7. The van der Waals surface area contributed by atoms with Crippen LogP contribution in [0.4, 0.5) is 0 Å². The molecule has 2 heterocycles. The fraction of sp³-hybridized carbons (Fsp3) is 0.286. The third-order valence-electron chi connectivity index (χ3n) is 4.90. The number of benzene rings is 2. The van der Waals surface area contributed by atoms with Gasteiger partial charge in [-0.1, -0.05) is 24.3 Å². The predicted molar refractivity (Wildman–Crippen MR) is 102 cm³/mol. The predicted octanol–water partition coefficient (Wildman–Crippen LogP) is 3.22. The van der Waals surface area contributed by atoms with Gasteiger partial charge in [-0.25, -0.2) is 0 Å². The number of aromatic nitrogens is 1. The van der Waals surface area contributed by atoms with Crippen LogP contribution in [-0.4, -0.2) is 43.0 Å². The average molecular weight is 333 g/mol. The van der Waals surface area contributed by atoms with E-state index in [1.807, 2.05) is 12.1 Å². The largest absolute Gasteiger partial charge is 0.354 e. The number of carbonyl (C=O) groups is 1. The number of hydrogen-bond acceptors (Lipinski definition) is 2. The fourth-order valence-corrected chi connectivity index (χ4v) is 3.63. The topological polar surface area (TPSA) is 48.1 Å². The molecule has 4 rings (SSSR count). The van der Waals surface area contributed by atoms with Crippen molar-refractivity contribution in [2.45, 2.75) is 12.8 Å². The summed E-state index contributed by atoms with van der Waals surface area (Å²) in [7, 11) is 4.20. The van der Waals surface area contributed by atoms with E-state index in [0.717, 1.165) is 41.5 Å². The van der Waals surface area contributed by atoms with Gasteiger partial charge in [-0.15, -0.1) is 0 Å². The number of aromatic amines is 1. The third-order valence-corrected chi connectivity index (χ3v) is 4.90. The maximum Gasteiger partial charge on any atom is 0.251 e. The molecule has 0 bridgehead atoms. The molecule has 0 fully saturated rings. The minimum absolute atomic E-state index is 0.0228. The normalized spacial score (nSPS) is 14.0. The maximum atomic E-state index is 12.3. The fourth-order valence-electron chi connectivity index (χ4n) is 3.63. The summed E-state index contributed by atoms with van der Waals surface area (Å²) in [5, 5.41) is 4.08. The molecule has 3 aromatic rings. The van der Waals surface area contributed by atoms with E-state index in [1.165, 1.54) is 16.7 Å². The van der Waals surface area contributed by atoms with Crippen LogP contribution >= 0.6 is 0 Å². The molecule has 0 radical (unpaired) electrons. The van der Waals surface area contributed by atoms with Gasteiger partial charge < -0.3 is 15.2 Å². The van der Waals surface area contributed by atoms with Gasteiger partial charge in [0.05, 0.1) is 0 Å². The van der Waals surface area contributed by atoms with E-state index in [-0.39, 0.29) is 5.91 Å². The highest BCUT2D eigenvalue weighted by atomic mass is 16.1. The van der Waals surface area contributed by atoms with E-state index < -0.39 is 0 Å². The number of hydrogen-bond donors (Lipinski definition) is 2. The molecule has 1 amide bonds. The second kappa shape index (κ2) is 6.37. The van der Waals surface area contributed by atoms with Crippen molar-refractivity contribution in [3.63, 3.8) is 0 Å². The second-order valence-corrected chi connectivity index (χ2v) is 6.97. The summed E-state index contributed by atoms with van der Waals surface area (Å²) in [4.78, 5) is 18.1. The minimum Gasteiger partial charge on any atom is -0.354 e. The molecule has 0 aliphatic carbocycles. The molecule has 0 saturated carbocycles. The summed E-state index contributed by atoms with van der Waals surface area (Å²) in [6, 6.07) is 14.6. The van der Waals surface area contributed by atoms with Crippen molar-refractivity contribution < 1.29 is 4.79 Å². The monoisotopic (exact) mass is 333 g/mol. The molecular weight excluding hydrogens is 310 g/mol. The molecule has 1 aliphatic heterocycles. The lowest BCUT2D eigenvalue weighted by Gasteiger charge is -2.10. The summed E-state index contributed by atoms with van der Waals surface area (Å²) in [6.45, 7) is 1.71. The van der Waals surface area contributed by atoms with E-state index in [4.69, 9.17) is 0 Å². The van der Waals surface area contributed by atoms with Crippen molar-refractivity contribution >= 4 is 16.8 Å². The Bertz CT molecular complexity index is 939. The van der Waals surface area contributed by atoms with Gasteiger partial charge in [0.15, 0.2) is 0 Å². The summed E-state index contributed by atoms with van der Waals surface area (Å²) in [5.74, 6) is 0.0228. The smallest absolute Gasteiger partial charge is 0.251 e. The van der Waals surface area contributed by atoms with E-state index in [9.17, 15) is 4.79 Å². The van der Waals surface area contributed by atoms with Crippen LogP contribution in [0.1, 0.15) is 21.5 Å². The first-order valence-corrected chi connectivity index (χ1v) is 8.79. The quantitative estimate of drug-likeness (QED) is 0.770. The average Bonchev–Trinajstić information content (AvgIpc) is 2.90. The lowest BCUT2D eigenvalue weighted by molar-refractivity contribution is 0.0957. The maximum absolute atomic E-state index is 12.3. The molecule has 0 spiro atoms. The Balaban J connectivity index is 1.82. The van der Waals surface area contributed by atoms with E-state index >= 15 is 0 Å². The van der Waals surface area contributed by atoms with Gasteiger partial charge in [-0.05, 0) is 61.8 Å². The van der Waals surface area contributed by atoms with Crippen LogP contribution in [-0.2, 0) is 12.8 Å². The van der Waals surface area contributed by atoms with E-state index in [0.29, 0.717) is 6.54 Å². The number of rotatable bonds is 4. The molecule has 0 unspecified atom stereocenters. The number of H-pyrrole nitrogens is 1. The third kappa shape index (κ3) is 2.94. The Kier molecular flexibility index (Phi) is 4.06. The molecule has 4 heteroatoms. The molecule has 1 aliphatic rings. The van der Waals surface area contributed by atoms with Gasteiger partial charge in [0.2, 0.25) is 0 Å². The van der Waals surface area contributed by atoms with Crippen molar-refractivity contribution in [1.29, 1.82) is 0 Å². The van der Waals surface area contributed by atoms with Crippen LogP contribution in [0, 0.1) is 0 Å². The molecule has 128 valence electrons. The van der Waals surface area contributed by atoms with Gasteiger partial charge >= 0.3 is 0 Å². The van der Waals surface area contributed by atoms with Crippen molar-refractivity contribution in [2.24, 2.45) is 0 Å². The summed E-state index contributed by atoms with van der Waals surface area (Å²) < 4.78 is 0. The minimum atomic E-state index is 0.0228. The molecule has 2 aromatic carbocycles. The Morgan fingerprint density at radius 3 is 2.80 bits per heavy atom. The standard InChI is InChI=1S/C21H23N3O/c1-24(2)12-10-14-5-3-6-15(13-14)20-16-9-11-22-21(25)17-7-4-8-18(23-20)19(16)17/h3-8,13,23H,9-12H2,1-2H3,(H,22,25). The second-order valence-electron chi connectivity index (χ2n) is 6.97. The summed E-state index contributed by atoms with van der Waals surface area (Å²) >= 11 is 0. The van der Waals surface area contributed by atoms with Gasteiger partial charge in [0, 0.05) is 35.2 Å². The molecular formula is C21H23N3O. The zero-order valence-electron chi connectivity index (χ0n) is 14.7. The highest BCUT2D eigenvalue weighted by molar-refractivity contribution is 6.10. The van der Waals surface area contributed by atoms with Gasteiger partial charge in [-0.3, -0.25) is 4.79 Å². The zero-order chi connectivity index (χ0) is 17.4. The first kappa shape index (κ1) is 15.9. The van der Waals surface area contributed by atoms with E-state index in [2.05, 4.69) is 59.6 Å². The highest BCUT2D eigenvalue weighted by Gasteiger charge is 2.22. The Hall–Kier alpha value is -2.59. The van der Waals surface area contributed by atoms with Crippen LogP contribution in [0.25, 0.3) is 22.2 Å². The van der Waals surface area contributed by atoms with Gasteiger partial charge in [0.1, 0.15) is 0 Å². The molecule has 1 aromatic heterocycles. The molecule has 2 N–H and O–H groups in total. The van der Waals surface area contributed by atoms with Crippen LogP contribution in [0.15, 0.2) is 42.5 Å².